The molecule has 1 aliphatic carbocycles. The predicted molar refractivity (Wildman–Crippen MR) is 99.5 cm³/mol. The van der Waals surface area contributed by atoms with Crippen LogP contribution < -0.4 is 5.32 Å². The fourth-order valence-electron chi connectivity index (χ4n) is 4.42. The van der Waals surface area contributed by atoms with Crippen molar-refractivity contribution in [3.63, 3.8) is 0 Å². The first-order valence-electron chi connectivity index (χ1n) is 9.51. The van der Waals surface area contributed by atoms with Crippen molar-refractivity contribution in [3.05, 3.63) is 29.8 Å². The largest absolute Gasteiger partial charge is 0.349 e. The maximum absolute atomic E-state index is 12.5. The van der Waals surface area contributed by atoms with Crippen molar-refractivity contribution < 1.29 is 14.4 Å². The summed E-state index contributed by atoms with van der Waals surface area (Å²) in [6, 6.07) is 8.17. The van der Waals surface area contributed by atoms with Gasteiger partial charge >= 0.3 is 0 Å². The van der Waals surface area contributed by atoms with Crippen molar-refractivity contribution in [1.82, 2.24) is 10.2 Å². The first-order chi connectivity index (χ1) is 12.6. The van der Waals surface area contributed by atoms with E-state index in [-0.39, 0.29) is 48.6 Å². The molecule has 0 bridgehead atoms. The summed E-state index contributed by atoms with van der Waals surface area (Å²) in [5, 5.41) is 3.09. The van der Waals surface area contributed by atoms with Gasteiger partial charge in [0.2, 0.25) is 17.7 Å². The van der Waals surface area contributed by atoms with Crippen LogP contribution in [0.5, 0.6) is 0 Å². The number of thioether (sulfide) groups is 1. The number of nitrogens with zero attached hydrogens (tertiary/aromatic N) is 1. The van der Waals surface area contributed by atoms with Crippen molar-refractivity contribution in [2.75, 3.05) is 12.3 Å². The summed E-state index contributed by atoms with van der Waals surface area (Å²) in [5.41, 5.74) is 1.16. The van der Waals surface area contributed by atoms with Gasteiger partial charge in [-0.1, -0.05) is 31.0 Å². The van der Waals surface area contributed by atoms with Gasteiger partial charge in [0.05, 0.1) is 17.9 Å². The minimum atomic E-state index is -0.137. The van der Waals surface area contributed by atoms with E-state index in [0.717, 1.165) is 43.4 Å². The van der Waals surface area contributed by atoms with E-state index in [9.17, 15) is 14.4 Å². The van der Waals surface area contributed by atoms with Gasteiger partial charge in [0.25, 0.3) is 0 Å². The Labute approximate surface area is 157 Å². The quantitative estimate of drug-likeness (QED) is 0.826. The number of imide groups is 1. The van der Waals surface area contributed by atoms with Crippen LogP contribution in [0.25, 0.3) is 0 Å². The van der Waals surface area contributed by atoms with Gasteiger partial charge < -0.3 is 5.32 Å². The Bertz CT molecular complexity index is 712. The monoisotopic (exact) mass is 372 g/mol. The lowest BCUT2D eigenvalue weighted by atomic mass is 9.81. The number of nitrogens with one attached hydrogen (secondary N) is 1. The number of likely N-dealkylation sites (tertiary alicyclic amines) is 1. The van der Waals surface area contributed by atoms with Crippen LogP contribution in [0.1, 0.15) is 50.1 Å². The highest BCUT2D eigenvalue weighted by atomic mass is 32.2. The highest BCUT2D eigenvalue weighted by molar-refractivity contribution is 7.99. The fraction of sp³-hybridized carbons (Fsp3) is 0.550. The molecular weight excluding hydrogens is 348 g/mol. The molecule has 1 aromatic carbocycles. The second-order valence-electron chi connectivity index (χ2n) is 7.37. The van der Waals surface area contributed by atoms with Gasteiger partial charge in [-0.3, -0.25) is 19.3 Å². The Morgan fingerprint density at radius 3 is 2.50 bits per heavy atom. The summed E-state index contributed by atoms with van der Waals surface area (Å²) >= 11 is 1.82. The molecule has 3 atom stereocenters. The normalized spacial score (nSPS) is 27.8. The van der Waals surface area contributed by atoms with Gasteiger partial charge in [-0.05, 0) is 30.9 Å². The van der Waals surface area contributed by atoms with E-state index in [2.05, 4.69) is 17.4 Å². The van der Waals surface area contributed by atoms with Crippen LogP contribution in [-0.2, 0) is 14.4 Å². The van der Waals surface area contributed by atoms with Crippen molar-refractivity contribution in [2.24, 2.45) is 11.8 Å². The lowest BCUT2D eigenvalue weighted by Gasteiger charge is -2.26. The van der Waals surface area contributed by atoms with E-state index < -0.39 is 0 Å². The minimum absolute atomic E-state index is 0.0208. The van der Waals surface area contributed by atoms with Crippen molar-refractivity contribution >= 4 is 29.5 Å². The zero-order chi connectivity index (χ0) is 18.1. The Balaban J connectivity index is 1.35. The molecule has 0 aromatic heterocycles. The predicted octanol–water partition coefficient (Wildman–Crippen LogP) is 2.91. The Kier molecular flexibility index (Phi) is 5.02. The van der Waals surface area contributed by atoms with E-state index >= 15 is 0 Å². The van der Waals surface area contributed by atoms with Gasteiger partial charge in [0, 0.05) is 23.6 Å². The molecule has 1 N–H and O–H groups in total. The molecule has 0 radical (unpaired) electrons. The first kappa shape index (κ1) is 17.6. The molecule has 3 amide bonds. The van der Waals surface area contributed by atoms with Gasteiger partial charge in [-0.25, -0.2) is 0 Å². The smallest absolute Gasteiger partial charge is 0.233 e. The molecule has 26 heavy (non-hydrogen) atoms. The van der Waals surface area contributed by atoms with E-state index in [1.165, 1.54) is 9.80 Å². The number of amides is 3. The maximum atomic E-state index is 12.5. The summed E-state index contributed by atoms with van der Waals surface area (Å²) < 4.78 is 0. The molecule has 0 spiro atoms. The van der Waals surface area contributed by atoms with Crippen LogP contribution in [0.4, 0.5) is 0 Å². The molecule has 3 aliphatic rings. The molecular formula is C20H24N2O3S. The summed E-state index contributed by atoms with van der Waals surface area (Å²) in [5.74, 6) is 0.489. The van der Waals surface area contributed by atoms with E-state index in [0.29, 0.717) is 0 Å². The van der Waals surface area contributed by atoms with Crippen LogP contribution in [0.3, 0.4) is 0 Å². The zero-order valence-corrected chi connectivity index (χ0v) is 15.6. The third-order valence-electron chi connectivity index (χ3n) is 5.79. The van der Waals surface area contributed by atoms with Gasteiger partial charge in [-0.2, -0.15) is 0 Å². The molecule has 4 rings (SSSR count). The summed E-state index contributed by atoms with van der Waals surface area (Å²) in [4.78, 5) is 40.0. The Morgan fingerprint density at radius 1 is 1.08 bits per heavy atom. The number of carbonyl (C=O) groups is 3. The highest BCUT2D eigenvalue weighted by Crippen LogP contribution is 2.38. The zero-order valence-electron chi connectivity index (χ0n) is 14.8. The van der Waals surface area contributed by atoms with Gasteiger partial charge in [0.1, 0.15) is 0 Å². The average Bonchev–Trinajstić information content (AvgIpc) is 2.91. The summed E-state index contributed by atoms with van der Waals surface area (Å²) in [7, 11) is 0. The third kappa shape index (κ3) is 3.27. The highest BCUT2D eigenvalue weighted by Gasteiger charge is 2.47. The summed E-state index contributed by atoms with van der Waals surface area (Å²) in [6.07, 6.45) is 4.76. The SMILES string of the molecule is O=C(CCN1C(=O)[C@H]2CCCC[C@@H]2C1=O)N[C@H]1CCSc2ccccc21. The van der Waals surface area contributed by atoms with Crippen molar-refractivity contribution in [2.45, 2.75) is 49.5 Å². The molecule has 1 aromatic rings. The first-order valence-corrected chi connectivity index (χ1v) is 10.5. The number of hydrogen-bond acceptors (Lipinski definition) is 4. The van der Waals surface area contributed by atoms with E-state index in [4.69, 9.17) is 0 Å². The minimum Gasteiger partial charge on any atom is -0.349 e. The van der Waals surface area contributed by atoms with E-state index in [1.807, 2.05) is 23.9 Å². The lowest BCUT2D eigenvalue weighted by molar-refractivity contribution is -0.140. The molecule has 2 fully saturated rings. The maximum Gasteiger partial charge on any atom is 0.233 e. The van der Waals surface area contributed by atoms with Gasteiger partial charge in [0.15, 0.2) is 0 Å². The lowest BCUT2D eigenvalue weighted by Crippen LogP contribution is -2.37. The molecule has 6 heteroatoms. The molecule has 5 nitrogen and oxygen atoms in total. The topological polar surface area (TPSA) is 66.5 Å². The van der Waals surface area contributed by atoms with Crippen LogP contribution in [0.15, 0.2) is 29.2 Å². The number of benzene rings is 1. The number of rotatable bonds is 4. The van der Waals surface area contributed by atoms with Crippen LogP contribution >= 0.6 is 11.8 Å². The molecule has 2 heterocycles. The van der Waals surface area contributed by atoms with Crippen LogP contribution in [-0.4, -0.2) is 34.9 Å². The molecule has 2 aliphatic heterocycles. The van der Waals surface area contributed by atoms with Gasteiger partial charge in [-0.15, -0.1) is 11.8 Å². The standard InChI is InChI=1S/C20H24N2O3S/c23-18(21-16-10-12-26-17-8-4-3-7-15(16)17)9-11-22-19(24)13-5-1-2-6-14(13)20(22)25/h3-4,7-8,13-14,16H,1-2,5-6,9-12H2,(H,21,23)/t13-,14-,16-/m0/s1. The van der Waals surface area contributed by atoms with E-state index in [1.54, 1.807) is 0 Å². The second kappa shape index (κ2) is 7.43. The number of fused-ring (bicyclic) bond motifs is 2. The van der Waals surface area contributed by atoms with Crippen LogP contribution in [0, 0.1) is 11.8 Å². The number of carbonyl (C=O) groups excluding carboxylic acids is 3. The summed E-state index contributed by atoms with van der Waals surface area (Å²) in [6.45, 7) is 0.208. The molecule has 0 unspecified atom stereocenters. The molecule has 1 saturated heterocycles. The fourth-order valence-corrected chi connectivity index (χ4v) is 5.55. The van der Waals surface area contributed by atoms with Crippen molar-refractivity contribution in [3.8, 4) is 0 Å². The Morgan fingerprint density at radius 2 is 1.77 bits per heavy atom. The number of hydrogen-bond donors (Lipinski definition) is 1. The van der Waals surface area contributed by atoms with Crippen molar-refractivity contribution in [1.29, 1.82) is 0 Å². The van der Waals surface area contributed by atoms with Crippen LogP contribution in [0.2, 0.25) is 0 Å². The second-order valence-corrected chi connectivity index (χ2v) is 8.51. The Hall–Kier alpha value is -1.82. The third-order valence-corrected chi connectivity index (χ3v) is 6.91. The molecule has 1 saturated carbocycles. The average molecular weight is 372 g/mol. The molecule has 138 valence electrons.